The first-order valence-corrected chi connectivity index (χ1v) is 8.74. The van der Waals surface area contributed by atoms with E-state index in [1.54, 1.807) is 11.0 Å². The molecule has 1 aliphatic rings. The number of amides is 2. The number of likely N-dealkylation sites (N-methyl/N-ethyl adjacent to an activating group) is 1. The lowest BCUT2D eigenvalue weighted by Gasteiger charge is -2.21. The first-order valence-electron chi connectivity index (χ1n) is 8.36. The van der Waals surface area contributed by atoms with Crippen LogP contribution in [0, 0.1) is 0 Å². The molecule has 2 aromatic rings. The molecule has 2 aromatic carbocycles. The van der Waals surface area contributed by atoms with Gasteiger partial charge in [0.1, 0.15) is 5.75 Å². The van der Waals surface area contributed by atoms with Gasteiger partial charge in [0.2, 0.25) is 6.79 Å². The van der Waals surface area contributed by atoms with Crippen molar-refractivity contribution >= 4 is 23.4 Å². The summed E-state index contributed by atoms with van der Waals surface area (Å²) in [4.78, 5) is 25.7. The first kappa shape index (κ1) is 18.8. The molecule has 2 amide bonds. The van der Waals surface area contributed by atoms with Crippen molar-refractivity contribution in [2.75, 3.05) is 19.9 Å². The van der Waals surface area contributed by atoms with Crippen LogP contribution in [0.4, 0.5) is 0 Å². The lowest BCUT2D eigenvalue weighted by atomic mass is 10.2. The van der Waals surface area contributed by atoms with Gasteiger partial charge in [-0.15, -0.1) is 0 Å². The Labute approximate surface area is 161 Å². The average Bonchev–Trinajstić information content (AvgIpc) is 3.12. The molecule has 0 atom stereocenters. The highest BCUT2D eigenvalue weighted by Gasteiger charge is 2.18. The summed E-state index contributed by atoms with van der Waals surface area (Å²) in [5.41, 5.74) is 6.38. The highest BCUT2D eigenvalue weighted by atomic mass is 35.5. The second-order valence-corrected chi connectivity index (χ2v) is 6.33. The molecule has 0 spiro atoms. The molecule has 7 nitrogen and oxygen atoms in total. The van der Waals surface area contributed by atoms with Crippen LogP contribution >= 0.6 is 11.6 Å². The molecule has 0 fully saturated rings. The topological polar surface area (TPSA) is 91.1 Å². The van der Waals surface area contributed by atoms with E-state index in [4.69, 9.17) is 31.5 Å². The van der Waals surface area contributed by atoms with Gasteiger partial charge in [-0.25, -0.2) is 0 Å². The van der Waals surface area contributed by atoms with Crippen LogP contribution in [0.1, 0.15) is 22.8 Å². The number of primary amides is 1. The number of nitrogens with two attached hydrogens (primary N) is 1. The third-order valence-electron chi connectivity index (χ3n) is 4.10. The molecule has 0 saturated heterocycles. The summed E-state index contributed by atoms with van der Waals surface area (Å²) in [5.74, 6) is 0.685. The minimum absolute atomic E-state index is 0.133. The Hall–Kier alpha value is -2.93. The van der Waals surface area contributed by atoms with E-state index < -0.39 is 5.91 Å². The standard InChI is InChI=1S/C19H19ClN2O5/c1-2-22(9-12-3-5-16-17(7-12)27-11-26-16)18(23)10-25-15-6-4-13(20)8-14(15)19(21)24/h3-8H,2,9-11H2,1H3,(H2,21,24). The number of carbonyl (C=O) groups is 2. The van der Waals surface area contributed by atoms with Crippen LogP contribution < -0.4 is 19.9 Å². The van der Waals surface area contributed by atoms with Crippen LogP contribution in [0.25, 0.3) is 0 Å². The number of ether oxygens (including phenoxy) is 3. The van der Waals surface area contributed by atoms with Gasteiger partial charge in [0, 0.05) is 18.1 Å². The van der Waals surface area contributed by atoms with Gasteiger partial charge in [0.15, 0.2) is 18.1 Å². The van der Waals surface area contributed by atoms with Gasteiger partial charge in [-0.1, -0.05) is 17.7 Å². The van der Waals surface area contributed by atoms with Crippen molar-refractivity contribution in [2.24, 2.45) is 5.73 Å². The maximum absolute atomic E-state index is 12.5. The van der Waals surface area contributed by atoms with Crippen molar-refractivity contribution in [2.45, 2.75) is 13.5 Å². The molecule has 0 bridgehead atoms. The van der Waals surface area contributed by atoms with Crippen molar-refractivity contribution in [3.8, 4) is 17.2 Å². The van der Waals surface area contributed by atoms with E-state index in [9.17, 15) is 9.59 Å². The van der Waals surface area contributed by atoms with Crippen LogP contribution in [-0.4, -0.2) is 36.7 Å². The predicted octanol–water partition coefficient (Wildman–Crippen LogP) is 2.60. The average molecular weight is 391 g/mol. The fourth-order valence-electron chi connectivity index (χ4n) is 2.69. The van der Waals surface area contributed by atoms with E-state index in [0.717, 1.165) is 5.56 Å². The molecular weight excluding hydrogens is 372 g/mol. The number of rotatable bonds is 7. The monoisotopic (exact) mass is 390 g/mol. The molecule has 3 rings (SSSR count). The van der Waals surface area contributed by atoms with E-state index in [2.05, 4.69) is 0 Å². The van der Waals surface area contributed by atoms with Gasteiger partial charge < -0.3 is 24.8 Å². The number of benzene rings is 2. The van der Waals surface area contributed by atoms with E-state index in [0.29, 0.717) is 29.6 Å². The van der Waals surface area contributed by atoms with Crippen molar-refractivity contribution in [3.05, 3.63) is 52.5 Å². The molecule has 0 radical (unpaired) electrons. The fourth-order valence-corrected chi connectivity index (χ4v) is 2.86. The number of halogens is 1. The number of hydrogen-bond acceptors (Lipinski definition) is 5. The number of nitrogens with zero attached hydrogens (tertiary/aromatic N) is 1. The van der Waals surface area contributed by atoms with E-state index in [1.165, 1.54) is 12.1 Å². The zero-order valence-electron chi connectivity index (χ0n) is 14.7. The number of carbonyl (C=O) groups excluding carboxylic acids is 2. The molecule has 1 heterocycles. The van der Waals surface area contributed by atoms with Gasteiger partial charge in [0.05, 0.1) is 5.56 Å². The van der Waals surface area contributed by atoms with Crippen molar-refractivity contribution in [1.82, 2.24) is 4.90 Å². The molecule has 0 unspecified atom stereocenters. The summed E-state index contributed by atoms with van der Waals surface area (Å²) in [5, 5.41) is 0.362. The molecular formula is C19H19ClN2O5. The molecule has 27 heavy (non-hydrogen) atoms. The summed E-state index contributed by atoms with van der Waals surface area (Å²) in [6.45, 7) is 2.76. The highest BCUT2D eigenvalue weighted by Crippen LogP contribution is 2.32. The van der Waals surface area contributed by atoms with Crippen LogP contribution in [0.5, 0.6) is 17.2 Å². The Morgan fingerprint density at radius 3 is 2.70 bits per heavy atom. The molecule has 1 aliphatic heterocycles. The minimum Gasteiger partial charge on any atom is -0.483 e. The summed E-state index contributed by atoms with van der Waals surface area (Å²) >= 11 is 5.87. The Bertz CT molecular complexity index is 871. The van der Waals surface area contributed by atoms with Crippen LogP contribution in [0.3, 0.4) is 0 Å². The third-order valence-corrected chi connectivity index (χ3v) is 4.34. The van der Waals surface area contributed by atoms with E-state index >= 15 is 0 Å². The van der Waals surface area contributed by atoms with E-state index in [1.807, 2.05) is 25.1 Å². The van der Waals surface area contributed by atoms with Crippen LogP contribution in [0.2, 0.25) is 5.02 Å². The largest absolute Gasteiger partial charge is 0.483 e. The first-order chi connectivity index (χ1) is 13.0. The normalized spacial score (nSPS) is 11.9. The highest BCUT2D eigenvalue weighted by molar-refractivity contribution is 6.31. The number of hydrogen-bond donors (Lipinski definition) is 1. The smallest absolute Gasteiger partial charge is 0.260 e. The van der Waals surface area contributed by atoms with Crippen molar-refractivity contribution in [1.29, 1.82) is 0 Å². The molecule has 0 saturated carbocycles. The van der Waals surface area contributed by atoms with E-state index in [-0.39, 0.29) is 30.6 Å². The Morgan fingerprint density at radius 1 is 1.19 bits per heavy atom. The molecule has 8 heteroatoms. The summed E-state index contributed by atoms with van der Waals surface area (Å²) in [6, 6.07) is 10.0. The van der Waals surface area contributed by atoms with Gasteiger partial charge in [0.25, 0.3) is 11.8 Å². The fraction of sp³-hybridized carbons (Fsp3) is 0.263. The molecule has 0 aliphatic carbocycles. The Balaban J connectivity index is 1.65. The third kappa shape index (κ3) is 4.43. The zero-order valence-corrected chi connectivity index (χ0v) is 15.5. The second kappa shape index (κ2) is 8.18. The van der Waals surface area contributed by atoms with Crippen LogP contribution in [0.15, 0.2) is 36.4 Å². The number of fused-ring (bicyclic) bond motifs is 1. The summed E-state index contributed by atoms with van der Waals surface area (Å²) in [7, 11) is 0. The summed E-state index contributed by atoms with van der Waals surface area (Å²) in [6.07, 6.45) is 0. The second-order valence-electron chi connectivity index (χ2n) is 5.89. The Morgan fingerprint density at radius 2 is 1.96 bits per heavy atom. The molecule has 142 valence electrons. The van der Waals surface area contributed by atoms with Crippen LogP contribution in [-0.2, 0) is 11.3 Å². The molecule has 0 aromatic heterocycles. The van der Waals surface area contributed by atoms with Gasteiger partial charge in [-0.3, -0.25) is 9.59 Å². The minimum atomic E-state index is -0.673. The summed E-state index contributed by atoms with van der Waals surface area (Å²) < 4.78 is 16.2. The van der Waals surface area contributed by atoms with Crippen molar-refractivity contribution in [3.63, 3.8) is 0 Å². The Kier molecular flexibility index (Phi) is 5.71. The van der Waals surface area contributed by atoms with Gasteiger partial charge in [-0.2, -0.15) is 0 Å². The lowest BCUT2D eigenvalue weighted by Crippen LogP contribution is -2.34. The predicted molar refractivity (Wildman–Crippen MR) is 99.1 cm³/mol. The van der Waals surface area contributed by atoms with Crippen molar-refractivity contribution < 1.29 is 23.8 Å². The van der Waals surface area contributed by atoms with Gasteiger partial charge >= 0.3 is 0 Å². The lowest BCUT2D eigenvalue weighted by molar-refractivity contribution is -0.133. The van der Waals surface area contributed by atoms with Gasteiger partial charge in [-0.05, 0) is 42.8 Å². The zero-order chi connectivity index (χ0) is 19.4. The quantitative estimate of drug-likeness (QED) is 0.784. The maximum Gasteiger partial charge on any atom is 0.260 e. The maximum atomic E-state index is 12.5. The molecule has 2 N–H and O–H groups in total. The SMILES string of the molecule is CCN(Cc1ccc2c(c1)OCO2)C(=O)COc1ccc(Cl)cc1C(N)=O.